The molecule has 0 spiro atoms. The SMILES string of the molecule is Cc1ccc2oc3c(c(=O)c2c1)[C@H](c1ccc(Cl)c(Cl)c1)N(c1cccc(C)n1)C3=O. The number of hydrogen-bond donors (Lipinski definition) is 0. The molecule has 0 aliphatic carbocycles. The zero-order valence-electron chi connectivity index (χ0n) is 16.6. The van der Waals surface area contributed by atoms with Crippen molar-refractivity contribution in [1.82, 2.24) is 4.98 Å². The molecule has 4 aromatic rings. The van der Waals surface area contributed by atoms with E-state index in [1.807, 2.05) is 32.0 Å². The topological polar surface area (TPSA) is 63.4 Å². The van der Waals surface area contributed by atoms with Gasteiger partial charge in [-0.25, -0.2) is 4.98 Å². The maximum Gasteiger partial charge on any atom is 0.296 e. The molecule has 1 atom stereocenters. The van der Waals surface area contributed by atoms with Gasteiger partial charge in [0.2, 0.25) is 5.76 Å². The summed E-state index contributed by atoms with van der Waals surface area (Å²) in [5.74, 6) is 0.0107. The Kier molecular flexibility index (Phi) is 4.61. The number of benzene rings is 2. The summed E-state index contributed by atoms with van der Waals surface area (Å²) in [6.07, 6.45) is 0. The molecule has 0 saturated carbocycles. The van der Waals surface area contributed by atoms with Crippen LogP contribution in [-0.2, 0) is 0 Å². The van der Waals surface area contributed by atoms with Crippen molar-refractivity contribution in [3.8, 4) is 0 Å². The van der Waals surface area contributed by atoms with E-state index >= 15 is 0 Å². The van der Waals surface area contributed by atoms with Crippen molar-refractivity contribution in [1.29, 1.82) is 0 Å². The first kappa shape index (κ1) is 19.8. The first-order valence-corrected chi connectivity index (χ1v) is 10.4. The summed E-state index contributed by atoms with van der Waals surface area (Å²) in [5, 5.41) is 1.14. The second-order valence-corrected chi connectivity index (χ2v) is 8.38. The van der Waals surface area contributed by atoms with Gasteiger partial charge in [-0.1, -0.05) is 47.0 Å². The van der Waals surface area contributed by atoms with Crippen LogP contribution in [0.3, 0.4) is 0 Å². The van der Waals surface area contributed by atoms with Gasteiger partial charge >= 0.3 is 0 Å². The largest absolute Gasteiger partial charge is 0.450 e. The van der Waals surface area contributed by atoms with E-state index in [1.165, 1.54) is 4.90 Å². The minimum atomic E-state index is -0.743. The van der Waals surface area contributed by atoms with E-state index in [4.69, 9.17) is 27.6 Å². The highest BCUT2D eigenvalue weighted by molar-refractivity contribution is 6.42. The monoisotopic (exact) mass is 450 g/mol. The smallest absolute Gasteiger partial charge is 0.296 e. The first-order chi connectivity index (χ1) is 14.8. The fourth-order valence-corrected chi connectivity index (χ4v) is 4.29. The second-order valence-electron chi connectivity index (χ2n) is 7.56. The molecule has 0 saturated heterocycles. The third-order valence-corrected chi connectivity index (χ3v) is 6.14. The Bertz CT molecular complexity index is 1440. The number of rotatable bonds is 2. The van der Waals surface area contributed by atoms with E-state index in [0.29, 0.717) is 32.4 Å². The number of carbonyl (C=O) groups excluding carboxylic acids is 1. The van der Waals surface area contributed by atoms with E-state index < -0.39 is 11.9 Å². The fourth-order valence-electron chi connectivity index (χ4n) is 3.98. The van der Waals surface area contributed by atoms with E-state index in [1.54, 1.807) is 36.4 Å². The van der Waals surface area contributed by atoms with Crippen molar-refractivity contribution in [2.75, 3.05) is 4.90 Å². The number of carbonyl (C=O) groups is 1. The summed E-state index contributed by atoms with van der Waals surface area (Å²) in [6, 6.07) is 15.0. The molecule has 2 aromatic heterocycles. The molecule has 0 unspecified atom stereocenters. The predicted molar refractivity (Wildman–Crippen MR) is 121 cm³/mol. The Morgan fingerprint density at radius 1 is 0.968 bits per heavy atom. The van der Waals surface area contributed by atoms with Gasteiger partial charge in [0.25, 0.3) is 5.91 Å². The molecule has 3 heterocycles. The molecular formula is C24H16Cl2N2O3. The van der Waals surface area contributed by atoms with Crippen LogP contribution < -0.4 is 10.3 Å². The lowest BCUT2D eigenvalue weighted by molar-refractivity contribution is 0.0970. The summed E-state index contributed by atoms with van der Waals surface area (Å²) in [7, 11) is 0. The standard InChI is InChI=1S/C24H16Cl2N2O3/c1-12-6-9-18-15(10-12)22(29)20-21(14-7-8-16(25)17(26)11-14)28(24(30)23(20)31-18)19-5-3-4-13(2)27-19/h3-11,21H,1-2H3/t21-/m0/s1. The highest BCUT2D eigenvalue weighted by Gasteiger charge is 2.44. The number of aryl methyl sites for hydroxylation is 2. The Labute approximate surface area is 187 Å². The third kappa shape index (κ3) is 3.12. The van der Waals surface area contributed by atoms with Crippen molar-refractivity contribution in [3.05, 3.63) is 103 Å². The van der Waals surface area contributed by atoms with Gasteiger partial charge in [0.1, 0.15) is 11.4 Å². The normalized spacial score (nSPS) is 15.5. The molecule has 0 N–H and O–H groups in total. The number of hydrogen-bond acceptors (Lipinski definition) is 4. The lowest BCUT2D eigenvalue weighted by Gasteiger charge is -2.24. The molecule has 1 aliphatic rings. The van der Waals surface area contributed by atoms with Crippen molar-refractivity contribution >= 4 is 45.9 Å². The average Bonchev–Trinajstić information content (AvgIpc) is 3.03. The number of aromatic nitrogens is 1. The van der Waals surface area contributed by atoms with Crippen LogP contribution in [-0.4, -0.2) is 10.9 Å². The molecule has 0 bridgehead atoms. The summed E-state index contributed by atoms with van der Waals surface area (Å²) in [5.41, 5.74) is 2.70. The van der Waals surface area contributed by atoms with Crippen LogP contribution in [0, 0.1) is 13.8 Å². The van der Waals surface area contributed by atoms with Crippen LogP contribution in [0.1, 0.15) is 39.0 Å². The van der Waals surface area contributed by atoms with E-state index in [-0.39, 0.29) is 16.8 Å². The highest BCUT2D eigenvalue weighted by atomic mass is 35.5. The van der Waals surface area contributed by atoms with Crippen LogP contribution in [0.15, 0.2) is 63.8 Å². The Morgan fingerprint density at radius 3 is 2.52 bits per heavy atom. The fraction of sp³-hybridized carbons (Fsp3) is 0.125. The van der Waals surface area contributed by atoms with Gasteiger partial charge in [-0.15, -0.1) is 0 Å². The molecule has 1 amide bonds. The predicted octanol–water partition coefficient (Wildman–Crippen LogP) is 5.86. The van der Waals surface area contributed by atoms with Gasteiger partial charge in [0.15, 0.2) is 5.43 Å². The van der Waals surface area contributed by atoms with Crippen LogP contribution in [0.5, 0.6) is 0 Å². The maximum atomic E-state index is 13.6. The highest BCUT2D eigenvalue weighted by Crippen LogP contribution is 2.41. The lowest BCUT2D eigenvalue weighted by Crippen LogP contribution is -2.30. The quantitative estimate of drug-likeness (QED) is 0.383. The van der Waals surface area contributed by atoms with Crippen molar-refractivity contribution in [3.63, 3.8) is 0 Å². The molecule has 2 aromatic carbocycles. The molecule has 31 heavy (non-hydrogen) atoms. The van der Waals surface area contributed by atoms with Gasteiger partial charge < -0.3 is 4.42 Å². The van der Waals surface area contributed by atoms with Crippen LogP contribution in [0.2, 0.25) is 10.0 Å². The molecule has 154 valence electrons. The minimum absolute atomic E-state index is 0.0146. The summed E-state index contributed by atoms with van der Waals surface area (Å²) in [6.45, 7) is 3.74. The van der Waals surface area contributed by atoms with Gasteiger partial charge in [0, 0.05) is 5.69 Å². The number of fused-ring (bicyclic) bond motifs is 2. The molecule has 0 radical (unpaired) electrons. The van der Waals surface area contributed by atoms with E-state index in [0.717, 1.165) is 11.3 Å². The number of nitrogens with zero attached hydrogens (tertiary/aromatic N) is 2. The Balaban J connectivity index is 1.84. The molecule has 5 nitrogen and oxygen atoms in total. The molecular weight excluding hydrogens is 435 g/mol. The van der Waals surface area contributed by atoms with Gasteiger partial charge in [0.05, 0.1) is 27.0 Å². The molecule has 7 heteroatoms. The number of anilines is 1. The van der Waals surface area contributed by atoms with Crippen LogP contribution in [0.25, 0.3) is 11.0 Å². The third-order valence-electron chi connectivity index (χ3n) is 5.41. The van der Waals surface area contributed by atoms with Crippen molar-refractivity contribution in [2.24, 2.45) is 0 Å². The zero-order chi connectivity index (χ0) is 21.9. The average molecular weight is 451 g/mol. The summed E-state index contributed by atoms with van der Waals surface area (Å²) in [4.78, 5) is 33.1. The van der Waals surface area contributed by atoms with Gasteiger partial charge in [-0.3, -0.25) is 14.5 Å². The maximum absolute atomic E-state index is 13.6. The van der Waals surface area contributed by atoms with E-state index in [9.17, 15) is 9.59 Å². The first-order valence-electron chi connectivity index (χ1n) is 9.64. The number of pyridine rings is 1. The number of halogens is 2. The summed E-state index contributed by atoms with van der Waals surface area (Å²) >= 11 is 12.4. The summed E-state index contributed by atoms with van der Waals surface area (Å²) < 4.78 is 5.96. The van der Waals surface area contributed by atoms with Crippen LogP contribution >= 0.6 is 23.2 Å². The minimum Gasteiger partial charge on any atom is -0.450 e. The zero-order valence-corrected chi connectivity index (χ0v) is 18.2. The van der Waals surface area contributed by atoms with E-state index in [2.05, 4.69) is 4.98 Å². The Hall–Kier alpha value is -3.15. The van der Waals surface area contributed by atoms with Crippen molar-refractivity contribution < 1.29 is 9.21 Å². The van der Waals surface area contributed by atoms with Crippen molar-refractivity contribution in [2.45, 2.75) is 19.9 Å². The molecule has 5 rings (SSSR count). The van der Waals surface area contributed by atoms with Gasteiger partial charge in [-0.2, -0.15) is 0 Å². The number of amides is 1. The van der Waals surface area contributed by atoms with Crippen LogP contribution in [0.4, 0.5) is 5.82 Å². The van der Waals surface area contributed by atoms with Gasteiger partial charge in [-0.05, 0) is 55.8 Å². The molecule has 1 aliphatic heterocycles. The second kappa shape index (κ2) is 7.22. The Morgan fingerprint density at radius 2 is 1.77 bits per heavy atom. The molecule has 0 fully saturated rings. The lowest BCUT2D eigenvalue weighted by atomic mass is 9.98.